The summed E-state index contributed by atoms with van der Waals surface area (Å²) in [5.74, 6) is -5.51. The van der Waals surface area contributed by atoms with E-state index >= 15 is 0 Å². The van der Waals surface area contributed by atoms with Crippen LogP contribution in [0.4, 0.5) is 26.3 Å². The molecule has 178 valence electrons. The summed E-state index contributed by atoms with van der Waals surface area (Å²) < 4.78 is 63.5. The minimum atomic E-state index is -5.08. The maximum Gasteiger partial charge on any atom is 0.490 e. The zero-order chi connectivity index (χ0) is 23.8. The monoisotopic (exact) mass is 479 g/mol. The van der Waals surface area contributed by atoms with Crippen LogP contribution in [0.2, 0.25) is 0 Å². The Bertz CT molecular complexity index is 701. The van der Waals surface area contributed by atoms with Crippen LogP contribution in [-0.2, 0) is 16.0 Å². The summed E-state index contributed by atoms with van der Waals surface area (Å²) in [5.41, 5.74) is 1.28. The Kier molecular flexibility index (Phi) is 10.2. The number of piperazine rings is 1. The van der Waals surface area contributed by atoms with Gasteiger partial charge in [0.25, 0.3) is 0 Å². The summed E-state index contributed by atoms with van der Waals surface area (Å²) in [6.07, 6.45) is -6.23. The van der Waals surface area contributed by atoms with Crippen LogP contribution < -0.4 is 0 Å². The summed E-state index contributed by atoms with van der Waals surface area (Å²) in [4.78, 5) is 27.6. The molecule has 1 unspecified atom stereocenters. The smallest absolute Gasteiger partial charge is 0.475 e. The van der Waals surface area contributed by atoms with E-state index in [1.54, 1.807) is 11.3 Å². The molecule has 7 nitrogen and oxygen atoms in total. The number of hydrogen-bond acceptors (Lipinski definition) is 6. The number of carboxylic acid groups (broad SMARTS) is 2. The molecule has 1 atom stereocenters. The van der Waals surface area contributed by atoms with Crippen LogP contribution in [0.25, 0.3) is 0 Å². The van der Waals surface area contributed by atoms with Crippen LogP contribution in [0.1, 0.15) is 23.5 Å². The topological polar surface area (TPSA) is 94.0 Å². The summed E-state index contributed by atoms with van der Waals surface area (Å²) in [7, 11) is 0. The maximum absolute atomic E-state index is 10.6. The van der Waals surface area contributed by atoms with Crippen molar-refractivity contribution in [1.82, 2.24) is 14.8 Å². The van der Waals surface area contributed by atoms with E-state index in [0.717, 1.165) is 12.5 Å². The molecular formula is C17H23F6N3O4S. The highest BCUT2D eigenvalue weighted by Crippen LogP contribution is 2.21. The van der Waals surface area contributed by atoms with Crippen molar-refractivity contribution in [3.8, 4) is 0 Å². The molecule has 2 fully saturated rings. The Hall–Kier alpha value is -1.93. The van der Waals surface area contributed by atoms with E-state index in [-0.39, 0.29) is 0 Å². The molecule has 0 amide bonds. The summed E-state index contributed by atoms with van der Waals surface area (Å²) in [6.45, 7) is 8.42. The average Bonchev–Trinajstić information content (AvgIpc) is 3.27. The molecule has 0 aromatic carbocycles. The van der Waals surface area contributed by atoms with Crippen LogP contribution in [0, 0.1) is 6.92 Å². The van der Waals surface area contributed by atoms with E-state index in [1.165, 1.54) is 56.3 Å². The lowest BCUT2D eigenvalue weighted by molar-refractivity contribution is -0.193. The van der Waals surface area contributed by atoms with Crippen molar-refractivity contribution in [2.45, 2.75) is 44.6 Å². The standard InChI is InChI=1S/C13H21N3S.2C2HF3O2/c1-11-14-12(10-17-11)4-6-15-7-8-16-5-2-3-13(16)9-15;2*3-2(4,5)1(6)7/h10,13H,2-9H2,1H3;2*(H,6,7). The molecule has 2 aliphatic rings. The lowest BCUT2D eigenvalue weighted by atomic mass is 10.1. The van der Waals surface area contributed by atoms with Gasteiger partial charge in [0.05, 0.1) is 10.7 Å². The first-order chi connectivity index (χ1) is 14.2. The van der Waals surface area contributed by atoms with Crippen molar-refractivity contribution in [3.63, 3.8) is 0 Å². The molecule has 0 saturated carbocycles. The molecular weight excluding hydrogens is 456 g/mol. The number of nitrogens with zero attached hydrogens (tertiary/aromatic N) is 3. The molecule has 2 aliphatic heterocycles. The number of hydrogen-bond donors (Lipinski definition) is 2. The number of halogens is 6. The van der Waals surface area contributed by atoms with Gasteiger partial charge in [-0.1, -0.05) is 0 Å². The molecule has 0 aliphatic carbocycles. The number of aryl methyl sites for hydroxylation is 1. The van der Waals surface area contributed by atoms with E-state index in [0.29, 0.717) is 0 Å². The third-order valence-electron chi connectivity index (χ3n) is 4.51. The van der Waals surface area contributed by atoms with Crippen molar-refractivity contribution in [2.75, 3.05) is 32.7 Å². The van der Waals surface area contributed by atoms with Crippen LogP contribution >= 0.6 is 11.3 Å². The van der Waals surface area contributed by atoms with Gasteiger partial charge in [-0.25, -0.2) is 14.6 Å². The SMILES string of the molecule is Cc1nc(CCN2CCN3CCCC3C2)cs1.O=C(O)C(F)(F)F.O=C(O)C(F)(F)F. The first-order valence-corrected chi connectivity index (χ1v) is 10.1. The third kappa shape index (κ3) is 10.3. The second-order valence-corrected chi connectivity index (χ2v) is 7.91. The van der Waals surface area contributed by atoms with Gasteiger partial charge in [0.2, 0.25) is 0 Å². The van der Waals surface area contributed by atoms with Crippen molar-refractivity contribution in [1.29, 1.82) is 0 Å². The van der Waals surface area contributed by atoms with E-state index in [2.05, 4.69) is 27.1 Å². The first kappa shape index (κ1) is 27.1. The van der Waals surface area contributed by atoms with Crippen molar-refractivity contribution in [3.05, 3.63) is 16.1 Å². The number of carboxylic acids is 2. The fourth-order valence-electron chi connectivity index (χ4n) is 3.05. The van der Waals surface area contributed by atoms with Crippen LogP contribution in [0.5, 0.6) is 0 Å². The zero-order valence-corrected chi connectivity index (χ0v) is 17.4. The molecule has 31 heavy (non-hydrogen) atoms. The Labute approximate surface area is 178 Å². The number of aliphatic carboxylic acids is 2. The number of thiazole rings is 1. The van der Waals surface area contributed by atoms with Crippen molar-refractivity contribution < 1.29 is 46.1 Å². The Balaban J connectivity index is 0.000000288. The lowest BCUT2D eigenvalue weighted by Gasteiger charge is -2.37. The van der Waals surface area contributed by atoms with Crippen LogP contribution in [0.3, 0.4) is 0 Å². The molecule has 2 saturated heterocycles. The van der Waals surface area contributed by atoms with Crippen LogP contribution in [0.15, 0.2) is 5.38 Å². The van der Waals surface area contributed by atoms with Gasteiger partial charge < -0.3 is 15.1 Å². The minimum Gasteiger partial charge on any atom is -0.475 e. The lowest BCUT2D eigenvalue weighted by Crippen LogP contribution is -2.50. The average molecular weight is 479 g/mol. The number of rotatable bonds is 3. The van der Waals surface area contributed by atoms with Crippen molar-refractivity contribution in [2.24, 2.45) is 0 Å². The number of carbonyl (C=O) groups is 2. The van der Waals surface area contributed by atoms with Gasteiger partial charge in [-0.15, -0.1) is 11.3 Å². The summed E-state index contributed by atoms with van der Waals surface area (Å²) in [5, 5.41) is 17.7. The van der Waals surface area contributed by atoms with Gasteiger partial charge >= 0.3 is 24.3 Å². The zero-order valence-electron chi connectivity index (χ0n) is 16.5. The quantitative estimate of drug-likeness (QED) is 0.644. The highest BCUT2D eigenvalue weighted by molar-refractivity contribution is 7.09. The first-order valence-electron chi connectivity index (χ1n) is 9.17. The molecule has 2 N–H and O–H groups in total. The predicted molar refractivity (Wildman–Crippen MR) is 99.0 cm³/mol. The van der Waals surface area contributed by atoms with Crippen molar-refractivity contribution >= 4 is 23.3 Å². The Morgan fingerprint density at radius 3 is 2.10 bits per heavy atom. The molecule has 1 aromatic heterocycles. The van der Waals surface area contributed by atoms with E-state index in [9.17, 15) is 26.3 Å². The maximum atomic E-state index is 10.6. The molecule has 0 bridgehead atoms. The molecule has 3 rings (SSSR count). The van der Waals surface area contributed by atoms with Gasteiger partial charge in [0, 0.05) is 44.0 Å². The minimum absolute atomic E-state index is 0.848. The highest BCUT2D eigenvalue weighted by atomic mass is 32.1. The number of aromatic nitrogens is 1. The molecule has 1 aromatic rings. The van der Waals surface area contributed by atoms with E-state index in [4.69, 9.17) is 19.8 Å². The summed E-state index contributed by atoms with van der Waals surface area (Å²) in [6, 6.07) is 0.848. The van der Waals surface area contributed by atoms with Gasteiger partial charge in [-0.3, -0.25) is 4.90 Å². The summed E-state index contributed by atoms with van der Waals surface area (Å²) >= 11 is 1.77. The Morgan fingerprint density at radius 1 is 1.10 bits per heavy atom. The van der Waals surface area contributed by atoms with E-state index < -0.39 is 24.3 Å². The van der Waals surface area contributed by atoms with Gasteiger partial charge in [0.1, 0.15) is 0 Å². The molecule has 0 spiro atoms. The van der Waals surface area contributed by atoms with E-state index in [1.807, 2.05) is 0 Å². The van der Waals surface area contributed by atoms with Crippen LogP contribution in [-0.4, -0.2) is 88.1 Å². The molecule has 0 radical (unpaired) electrons. The van der Waals surface area contributed by atoms with Gasteiger partial charge in [-0.2, -0.15) is 26.3 Å². The second-order valence-electron chi connectivity index (χ2n) is 6.85. The fraction of sp³-hybridized carbons (Fsp3) is 0.706. The largest absolute Gasteiger partial charge is 0.490 e. The second kappa shape index (κ2) is 11.6. The molecule has 14 heteroatoms. The fourth-order valence-corrected chi connectivity index (χ4v) is 3.70. The normalized spacial score (nSPS) is 19.5. The Morgan fingerprint density at radius 2 is 1.65 bits per heavy atom. The number of fused-ring (bicyclic) bond motifs is 1. The predicted octanol–water partition coefficient (Wildman–Crippen LogP) is 3.04. The van der Waals surface area contributed by atoms with Gasteiger partial charge in [0.15, 0.2) is 0 Å². The third-order valence-corrected chi connectivity index (χ3v) is 5.33. The molecule has 3 heterocycles. The highest BCUT2D eigenvalue weighted by Gasteiger charge is 2.38. The van der Waals surface area contributed by atoms with Gasteiger partial charge in [-0.05, 0) is 26.3 Å². The number of alkyl halides is 6.